The zero-order valence-corrected chi connectivity index (χ0v) is 13.5. The summed E-state index contributed by atoms with van der Waals surface area (Å²) in [6.45, 7) is 2.49. The fourth-order valence-corrected chi connectivity index (χ4v) is 4.04. The fraction of sp³-hybridized carbons (Fsp3) is 0.214. The van der Waals surface area contributed by atoms with Crippen molar-refractivity contribution in [3.05, 3.63) is 56.9 Å². The zero-order chi connectivity index (χ0) is 15.7. The molecule has 1 unspecified atom stereocenters. The minimum atomic E-state index is -0.506. The molecule has 4 N–H and O–H groups in total. The summed E-state index contributed by atoms with van der Waals surface area (Å²) in [5.41, 5.74) is 13.5. The molecular formula is C14H15N5OS2. The van der Waals surface area contributed by atoms with E-state index in [-0.39, 0.29) is 5.37 Å². The van der Waals surface area contributed by atoms with Gasteiger partial charge in [-0.05, 0) is 13.0 Å². The number of nitrogens with zero attached hydrogens (tertiary/aromatic N) is 3. The molecule has 0 spiro atoms. The quantitative estimate of drug-likeness (QED) is 0.884. The summed E-state index contributed by atoms with van der Waals surface area (Å²) in [5.74, 6) is -0.106. The van der Waals surface area contributed by atoms with Crippen LogP contribution in [-0.2, 0) is 11.3 Å². The molecule has 8 heteroatoms. The van der Waals surface area contributed by atoms with Crippen LogP contribution in [0.2, 0.25) is 0 Å². The number of hydrogen-bond acceptors (Lipinski definition) is 7. The van der Waals surface area contributed by atoms with E-state index >= 15 is 0 Å². The molecule has 1 aliphatic rings. The molecule has 1 atom stereocenters. The molecule has 22 heavy (non-hydrogen) atoms. The number of aromatic nitrogens is 2. The molecule has 0 saturated carbocycles. The number of aryl methyl sites for hydroxylation is 1. The third-order valence-corrected chi connectivity index (χ3v) is 5.47. The summed E-state index contributed by atoms with van der Waals surface area (Å²) in [5, 5.41) is 2.87. The first-order chi connectivity index (χ1) is 10.6. The van der Waals surface area contributed by atoms with Gasteiger partial charge in [-0.25, -0.2) is 4.98 Å². The van der Waals surface area contributed by atoms with Gasteiger partial charge in [0.25, 0.3) is 5.91 Å². The lowest BCUT2D eigenvalue weighted by atomic mass is 10.2. The number of carbonyl (C=O) groups is 1. The van der Waals surface area contributed by atoms with Crippen LogP contribution >= 0.6 is 23.1 Å². The summed E-state index contributed by atoms with van der Waals surface area (Å²) in [7, 11) is 0. The van der Waals surface area contributed by atoms with Crippen LogP contribution in [0.3, 0.4) is 0 Å². The number of hydrogen-bond donors (Lipinski definition) is 2. The first-order valence-electron chi connectivity index (χ1n) is 6.60. The number of amides is 1. The summed E-state index contributed by atoms with van der Waals surface area (Å²) >= 11 is 2.94. The summed E-state index contributed by atoms with van der Waals surface area (Å²) in [4.78, 5) is 22.5. The lowest BCUT2D eigenvalue weighted by molar-refractivity contribution is -0.114. The average Bonchev–Trinajstić information content (AvgIpc) is 3.05. The predicted octanol–water partition coefficient (Wildman–Crippen LogP) is 1.71. The Balaban J connectivity index is 1.94. The molecule has 3 heterocycles. The minimum Gasteiger partial charge on any atom is -0.384 e. The van der Waals surface area contributed by atoms with Gasteiger partial charge < -0.3 is 16.4 Å². The topological polar surface area (TPSA) is 98.1 Å². The van der Waals surface area contributed by atoms with Crippen molar-refractivity contribution < 1.29 is 4.79 Å². The van der Waals surface area contributed by atoms with Gasteiger partial charge in [0.15, 0.2) is 0 Å². The first-order valence-corrected chi connectivity index (χ1v) is 8.36. The Morgan fingerprint density at radius 2 is 2.32 bits per heavy atom. The van der Waals surface area contributed by atoms with Crippen molar-refractivity contribution in [2.75, 3.05) is 0 Å². The third-order valence-electron chi connectivity index (χ3n) is 3.25. The van der Waals surface area contributed by atoms with E-state index in [0.717, 1.165) is 16.3 Å². The smallest absolute Gasteiger partial charge is 0.258 e. The van der Waals surface area contributed by atoms with Crippen molar-refractivity contribution in [3.63, 3.8) is 0 Å². The highest BCUT2D eigenvalue weighted by Crippen LogP contribution is 2.46. The molecule has 1 aliphatic heterocycles. The number of carbonyl (C=O) groups excluding carboxylic acids is 1. The number of pyridine rings is 1. The maximum atomic E-state index is 11.6. The van der Waals surface area contributed by atoms with Crippen LogP contribution in [0.5, 0.6) is 0 Å². The van der Waals surface area contributed by atoms with Gasteiger partial charge in [-0.3, -0.25) is 9.78 Å². The highest BCUT2D eigenvalue weighted by molar-refractivity contribution is 8.04. The molecule has 1 amide bonds. The first kappa shape index (κ1) is 14.9. The normalized spacial score (nSPS) is 18.0. The summed E-state index contributed by atoms with van der Waals surface area (Å²) < 4.78 is 0. The largest absolute Gasteiger partial charge is 0.384 e. The molecule has 2 aromatic rings. The highest BCUT2D eigenvalue weighted by atomic mass is 32.2. The molecule has 0 aromatic carbocycles. The molecule has 3 rings (SSSR count). The van der Waals surface area contributed by atoms with E-state index in [1.165, 1.54) is 11.8 Å². The SMILES string of the molecule is Cc1nc(CN2C(N)=C(C(N)=O)SC2c2cccnc2)cs1. The van der Waals surface area contributed by atoms with E-state index in [0.29, 0.717) is 17.3 Å². The Labute approximate surface area is 136 Å². The second-order valence-corrected chi connectivity index (χ2v) is 6.97. The van der Waals surface area contributed by atoms with Crippen molar-refractivity contribution in [3.8, 4) is 0 Å². The molecule has 0 aliphatic carbocycles. The third kappa shape index (κ3) is 2.79. The number of primary amides is 1. The van der Waals surface area contributed by atoms with Crippen molar-refractivity contribution in [1.82, 2.24) is 14.9 Å². The van der Waals surface area contributed by atoms with Crippen molar-refractivity contribution in [2.24, 2.45) is 11.5 Å². The van der Waals surface area contributed by atoms with Gasteiger partial charge in [0.2, 0.25) is 0 Å². The molecule has 2 aromatic heterocycles. The Morgan fingerprint density at radius 1 is 1.50 bits per heavy atom. The van der Waals surface area contributed by atoms with E-state index in [4.69, 9.17) is 11.5 Å². The van der Waals surface area contributed by atoms with Gasteiger partial charge in [-0.1, -0.05) is 17.8 Å². The highest BCUT2D eigenvalue weighted by Gasteiger charge is 2.35. The maximum absolute atomic E-state index is 11.6. The average molecular weight is 333 g/mol. The Kier molecular flexibility index (Phi) is 4.04. The van der Waals surface area contributed by atoms with Crippen LogP contribution in [0, 0.1) is 6.92 Å². The Morgan fingerprint density at radius 3 is 2.91 bits per heavy atom. The van der Waals surface area contributed by atoms with Gasteiger partial charge in [0.1, 0.15) is 16.1 Å². The molecule has 114 valence electrons. The van der Waals surface area contributed by atoms with Gasteiger partial charge >= 0.3 is 0 Å². The van der Waals surface area contributed by atoms with Crippen LogP contribution in [-0.4, -0.2) is 20.8 Å². The van der Waals surface area contributed by atoms with E-state index in [1.54, 1.807) is 23.7 Å². The van der Waals surface area contributed by atoms with E-state index < -0.39 is 5.91 Å². The minimum absolute atomic E-state index is 0.127. The van der Waals surface area contributed by atoms with Crippen molar-refractivity contribution in [1.29, 1.82) is 0 Å². The Bertz CT molecular complexity index is 728. The van der Waals surface area contributed by atoms with Crippen LogP contribution in [0.25, 0.3) is 0 Å². The second kappa shape index (κ2) is 5.98. The number of rotatable bonds is 4. The van der Waals surface area contributed by atoms with Gasteiger partial charge in [-0.15, -0.1) is 11.3 Å². The van der Waals surface area contributed by atoms with Crippen LogP contribution in [0.4, 0.5) is 0 Å². The summed E-state index contributed by atoms with van der Waals surface area (Å²) in [6, 6.07) is 3.82. The maximum Gasteiger partial charge on any atom is 0.258 e. The van der Waals surface area contributed by atoms with Crippen LogP contribution in [0.15, 0.2) is 40.6 Å². The number of thioether (sulfide) groups is 1. The van der Waals surface area contributed by atoms with Gasteiger partial charge in [0.05, 0.1) is 17.2 Å². The molecule has 6 nitrogen and oxygen atoms in total. The summed E-state index contributed by atoms with van der Waals surface area (Å²) in [6.07, 6.45) is 3.48. The standard InChI is InChI=1S/C14H15N5OS2/c1-8-18-10(7-21-8)6-19-12(15)11(13(16)20)22-14(19)9-3-2-4-17-5-9/h2-5,7,14H,6,15H2,1H3,(H2,16,20). The second-order valence-electron chi connectivity index (χ2n) is 4.82. The molecule has 0 fully saturated rings. The van der Waals surface area contributed by atoms with E-state index in [1.807, 2.05) is 29.3 Å². The number of nitrogens with two attached hydrogens (primary N) is 2. The molecule has 0 radical (unpaired) electrons. The lowest BCUT2D eigenvalue weighted by Gasteiger charge is -2.26. The molecule has 0 saturated heterocycles. The van der Waals surface area contributed by atoms with Gasteiger partial charge in [0, 0.05) is 23.3 Å². The zero-order valence-electron chi connectivity index (χ0n) is 11.9. The Hall–Kier alpha value is -2.06. The fourth-order valence-electron chi connectivity index (χ4n) is 2.27. The molecular weight excluding hydrogens is 318 g/mol. The predicted molar refractivity (Wildman–Crippen MR) is 87.4 cm³/mol. The van der Waals surface area contributed by atoms with Crippen molar-refractivity contribution >= 4 is 29.0 Å². The van der Waals surface area contributed by atoms with E-state index in [2.05, 4.69) is 9.97 Å². The van der Waals surface area contributed by atoms with Gasteiger partial charge in [-0.2, -0.15) is 0 Å². The number of thiazole rings is 1. The van der Waals surface area contributed by atoms with Crippen LogP contribution in [0.1, 0.15) is 21.6 Å². The van der Waals surface area contributed by atoms with Crippen molar-refractivity contribution in [2.45, 2.75) is 18.8 Å². The lowest BCUT2D eigenvalue weighted by Crippen LogP contribution is -2.27. The van der Waals surface area contributed by atoms with Crippen LogP contribution < -0.4 is 11.5 Å². The van der Waals surface area contributed by atoms with E-state index in [9.17, 15) is 4.79 Å². The monoisotopic (exact) mass is 333 g/mol. The molecule has 0 bridgehead atoms.